The quantitative estimate of drug-likeness (QED) is 0.338. The number of rotatable bonds is 10. The Bertz CT molecular complexity index is 509. The van der Waals surface area contributed by atoms with E-state index in [1.54, 1.807) is 12.1 Å². The van der Waals surface area contributed by atoms with Crippen LogP contribution in [0.3, 0.4) is 0 Å². The van der Waals surface area contributed by atoms with Gasteiger partial charge in [-0.1, -0.05) is 13.8 Å². The predicted octanol–water partition coefficient (Wildman–Crippen LogP) is 2.70. The lowest BCUT2D eigenvalue weighted by atomic mass is 10.0. The second-order valence-electron chi connectivity index (χ2n) is 5.96. The van der Waals surface area contributed by atoms with Crippen LogP contribution < -0.4 is 16.4 Å². The number of nitrogens with two attached hydrogens (primary N) is 1. The van der Waals surface area contributed by atoms with Crippen LogP contribution in [-0.2, 0) is 4.79 Å². The van der Waals surface area contributed by atoms with Gasteiger partial charge in [-0.05, 0) is 30.9 Å². The number of hydrogen-bond donors (Lipinski definition) is 3. The molecule has 0 aliphatic heterocycles. The van der Waals surface area contributed by atoms with Crippen molar-refractivity contribution in [1.82, 2.24) is 5.32 Å². The summed E-state index contributed by atoms with van der Waals surface area (Å²) in [5, 5.41) is 16.6. The van der Waals surface area contributed by atoms with E-state index < -0.39 is 4.92 Å². The Morgan fingerprint density at radius 1 is 1.29 bits per heavy atom. The van der Waals surface area contributed by atoms with Crippen LogP contribution in [0.1, 0.15) is 33.1 Å². The van der Waals surface area contributed by atoms with Crippen molar-refractivity contribution in [3.8, 4) is 0 Å². The molecule has 0 aromatic heterocycles. The number of nitrogens with zero attached hydrogens (tertiary/aromatic N) is 1. The van der Waals surface area contributed by atoms with Gasteiger partial charge in [0.25, 0.3) is 5.69 Å². The first-order chi connectivity index (χ1) is 10.9. The van der Waals surface area contributed by atoms with E-state index in [0.29, 0.717) is 31.8 Å². The average molecular weight is 359 g/mol. The van der Waals surface area contributed by atoms with Crippen LogP contribution in [0.15, 0.2) is 24.3 Å². The first-order valence-electron chi connectivity index (χ1n) is 7.90. The summed E-state index contributed by atoms with van der Waals surface area (Å²) in [5.41, 5.74) is 6.52. The molecule has 0 heterocycles. The van der Waals surface area contributed by atoms with E-state index in [2.05, 4.69) is 24.5 Å². The third-order valence-electron chi connectivity index (χ3n) is 3.39. The number of benzene rings is 1. The number of nitro benzene ring substituents is 1. The summed E-state index contributed by atoms with van der Waals surface area (Å²) in [6.45, 7) is 5.28. The summed E-state index contributed by atoms with van der Waals surface area (Å²) < 4.78 is 0. The van der Waals surface area contributed by atoms with E-state index in [0.717, 1.165) is 12.1 Å². The summed E-state index contributed by atoms with van der Waals surface area (Å²) >= 11 is 0. The van der Waals surface area contributed by atoms with E-state index in [1.807, 2.05) is 0 Å². The van der Waals surface area contributed by atoms with E-state index in [-0.39, 0.29) is 30.0 Å². The third-order valence-corrected chi connectivity index (χ3v) is 3.39. The van der Waals surface area contributed by atoms with Crippen LogP contribution >= 0.6 is 12.4 Å². The molecule has 0 aliphatic rings. The fraction of sp³-hybridized carbons (Fsp3) is 0.562. The molecule has 1 atom stereocenters. The molecule has 1 amide bonds. The van der Waals surface area contributed by atoms with Gasteiger partial charge in [0.1, 0.15) is 0 Å². The standard InChI is InChI=1S/C16H26N4O3.ClH/c1-12(2)10-14(11-17)19-16(21)4-3-9-18-13-5-7-15(8-6-13)20(22)23;/h5-8,12,14,18H,3-4,9-11,17H2,1-2H3,(H,19,21);1H. The Morgan fingerprint density at radius 3 is 2.42 bits per heavy atom. The highest BCUT2D eigenvalue weighted by atomic mass is 35.5. The van der Waals surface area contributed by atoms with Crippen LogP contribution in [0.2, 0.25) is 0 Å². The number of anilines is 1. The second kappa shape index (κ2) is 11.6. The van der Waals surface area contributed by atoms with Crippen molar-refractivity contribution in [2.45, 2.75) is 39.2 Å². The molecule has 4 N–H and O–H groups in total. The maximum atomic E-state index is 11.9. The molecule has 1 aromatic carbocycles. The monoisotopic (exact) mass is 358 g/mol. The molecule has 0 bridgehead atoms. The molecule has 24 heavy (non-hydrogen) atoms. The molecule has 0 saturated heterocycles. The largest absolute Gasteiger partial charge is 0.385 e. The number of non-ortho nitro benzene ring substituents is 1. The lowest BCUT2D eigenvalue weighted by molar-refractivity contribution is -0.384. The van der Waals surface area contributed by atoms with Gasteiger partial charge in [-0.15, -0.1) is 12.4 Å². The highest BCUT2D eigenvalue weighted by Gasteiger charge is 2.12. The first kappa shape index (κ1) is 22.1. The molecule has 1 rings (SSSR count). The summed E-state index contributed by atoms with van der Waals surface area (Å²) in [6.07, 6.45) is 1.99. The van der Waals surface area contributed by atoms with E-state index >= 15 is 0 Å². The topological polar surface area (TPSA) is 110 Å². The molecule has 0 spiro atoms. The summed E-state index contributed by atoms with van der Waals surface area (Å²) in [5.74, 6) is 0.499. The molecule has 8 heteroatoms. The zero-order valence-electron chi connectivity index (χ0n) is 14.2. The van der Waals surface area contributed by atoms with Gasteiger partial charge in [0.15, 0.2) is 0 Å². The molecule has 1 unspecified atom stereocenters. The van der Waals surface area contributed by atoms with Crippen molar-refractivity contribution in [2.24, 2.45) is 11.7 Å². The zero-order valence-corrected chi connectivity index (χ0v) is 15.0. The minimum Gasteiger partial charge on any atom is -0.385 e. The Morgan fingerprint density at radius 2 is 1.92 bits per heavy atom. The third kappa shape index (κ3) is 8.69. The van der Waals surface area contributed by atoms with Crippen LogP contribution in [-0.4, -0.2) is 30.0 Å². The second-order valence-corrected chi connectivity index (χ2v) is 5.96. The van der Waals surface area contributed by atoms with Crippen LogP contribution in [0.4, 0.5) is 11.4 Å². The van der Waals surface area contributed by atoms with Gasteiger partial charge in [0.05, 0.1) is 4.92 Å². The van der Waals surface area contributed by atoms with Gasteiger partial charge < -0.3 is 16.4 Å². The number of halogens is 1. The maximum Gasteiger partial charge on any atom is 0.269 e. The zero-order chi connectivity index (χ0) is 17.2. The molecule has 1 aromatic rings. The Balaban J connectivity index is 0.00000529. The Kier molecular flexibility index (Phi) is 10.7. The minimum atomic E-state index is -0.431. The molecular formula is C16H27ClN4O3. The molecule has 0 aliphatic carbocycles. The van der Waals surface area contributed by atoms with Gasteiger partial charge in [-0.3, -0.25) is 14.9 Å². The molecule has 0 radical (unpaired) electrons. The molecular weight excluding hydrogens is 332 g/mol. The lowest BCUT2D eigenvalue weighted by Gasteiger charge is -2.18. The fourth-order valence-corrected chi connectivity index (χ4v) is 2.27. The Hall–Kier alpha value is -1.86. The van der Waals surface area contributed by atoms with Crippen molar-refractivity contribution in [2.75, 3.05) is 18.4 Å². The minimum absolute atomic E-state index is 0. The maximum absolute atomic E-state index is 11.9. The number of nitrogens with one attached hydrogen (secondary N) is 2. The number of nitro groups is 1. The van der Waals surface area contributed by atoms with Gasteiger partial charge >= 0.3 is 0 Å². The number of carbonyl (C=O) groups is 1. The number of carbonyl (C=O) groups excluding carboxylic acids is 1. The summed E-state index contributed by atoms with van der Waals surface area (Å²) in [7, 11) is 0. The van der Waals surface area contributed by atoms with Crippen LogP contribution in [0, 0.1) is 16.0 Å². The van der Waals surface area contributed by atoms with Gasteiger partial charge in [-0.25, -0.2) is 0 Å². The van der Waals surface area contributed by atoms with Gasteiger partial charge in [0.2, 0.25) is 5.91 Å². The highest BCUT2D eigenvalue weighted by Crippen LogP contribution is 2.15. The molecule has 136 valence electrons. The highest BCUT2D eigenvalue weighted by molar-refractivity contribution is 5.85. The Labute approximate surface area is 148 Å². The smallest absolute Gasteiger partial charge is 0.269 e. The summed E-state index contributed by atoms with van der Waals surface area (Å²) in [6, 6.07) is 6.25. The predicted molar refractivity (Wildman–Crippen MR) is 98.5 cm³/mol. The van der Waals surface area contributed by atoms with Crippen molar-refractivity contribution in [3.63, 3.8) is 0 Å². The van der Waals surface area contributed by atoms with Gasteiger partial charge in [0, 0.05) is 43.4 Å². The number of hydrogen-bond acceptors (Lipinski definition) is 5. The SMILES string of the molecule is CC(C)CC(CN)NC(=O)CCCNc1ccc([N+](=O)[O-])cc1.Cl. The van der Waals surface area contributed by atoms with E-state index in [9.17, 15) is 14.9 Å². The molecule has 0 fully saturated rings. The average Bonchev–Trinajstić information content (AvgIpc) is 2.50. The van der Waals surface area contributed by atoms with Crippen molar-refractivity contribution in [3.05, 3.63) is 34.4 Å². The van der Waals surface area contributed by atoms with E-state index in [4.69, 9.17) is 5.73 Å². The lowest BCUT2D eigenvalue weighted by Crippen LogP contribution is -2.41. The van der Waals surface area contributed by atoms with Gasteiger partial charge in [-0.2, -0.15) is 0 Å². The number of amides is 1. The molecule has 0 saturated carbocycles. The van der Waals surface area contributed by atoms with Crippen molar-refractivity contribution >= 4 is 29.7 Å². The van der Waals surface area contributed by atoms with E-state index in [1.165, 1.54) is 12.1 Å². The van der Waals surface area contributed by atoms with Crippen LogP contribution in [0.5, 0.6) is 0 Å². The molecule has 7 nitrogen and oxygen atoms in total. The van der Waals surface area contributed by atoms with Crippen molar-refractivity contribution in [1.29, 1.82) is 0 Å². The summed E-state index contributed by atoms with van der Waals surface area (Å²) in [4.78, 5) is 22.0. The fourth-order valence-electron chi connectivity index (χ4n) is 2.27. The van der Waals surface area contributed by atoms with Crippen LogP contribution in [0.25, 0.3) is 0 Å². The van der Waals surface area contributed by atoms with Crippen molar-refractivity contribution < 1.29 is 9.72 Å². The first-order valence-corrected chi connectivity index (χ1v) is 7.90. The normalized spacial score (nSPS) is 11.5.